The minimum atomic E-state index is -0.446. The molecule has 0 radical (unpaired) electrons. The predicted molar refractivity (Wildman–Crippen MR) is 118 cm³/mol. The molecular formula is C23H23N5O2. The zero-order chi connectivity index (χ0) is 21.3. The number of hydrogen-bond acceptors (Lipinski definition) is 3. The fourth-order valence-corrected chi connectivity index (χ4v) is 3.36. The van der Waals surface area contributed by atoms with Crippen molar-refractivity contribution in [1.82, 2.24) is 14.8 Å². The number of fused-ring (bicyclic) bond motifs is 1. The van der Waals surface area contributed by atoms with E-state index in [0.717, 1.165) is 22.2 Å². The van der Waals surface area contributed by atoms with Crippen molar-refractivity contribution in [2.45, 2.75) is 26.8 Å². The molecule has 2 amide bonds. The average Bonchev–Trinajstić information content (AvgIpc) is 3.36. The van der Waals surface area contributed by atoms with E-state index in [1.54, 1.807) is 60.4 Å². The molecule has 30 heavy (non-hydrogen) atoms. The number of amides is 2. The first kappa shape index (κ1) is 19.4. The van der Waals surface area contributed by atoms with Crippen LogP contribution in [-0.2, 0) is 4.79 Å². The van der Waals surface area contributed by atoms with Crippen LogP contribution in [0.25, 0.3) is 10.9 Å². The maximum absolute atomic E-state index is 12.8. The molecule has 4 rings (SSSR count). The molecule has 0 saturated heterocycles. The summed E-state index contributed by atoms with van der Waals surface area (Å²) >= 11 is 0. The Morgan fingerprint density at radius 2 is 1.80 bits per heavy atom. The molecule has 2 heterocycles. The van der Waals surface area contributed by atoms with Gasteiger partial charge in [0, 0.05) is 45.9 Å². The summed E-state index contributed by atoms with van der Waals surface area (Å²) in [6.07, 6.45) is 3.37. The summed E-state index contributed by atoms with van der Waals surface area (Å²) in [6, 6.07) is 14.0. The van der Waals surface area contributed by atoms with Crippen LogP contribution in [0.4, 0.5) is 11.4 Å². The molecular weight excluding hydrogens is 378 g/mol. The van der Waals surface area contributed by atoms with Gasteiger partial charge in [0.25, 0.3) is 5.91 Å². The van der Waals surface area contributed by atoms with E-state index >= 15 is 0 Å². The van der Waals surface area contributed by atoms with Crippen LogP contribution in [0, 0.1) is 13.8 Å². The average molecular weight is 401 g/mol. The number of carbonyl (C=O) groups excluding carboxylic acids is 2. The number of anilines is 2. The van der Waals surface area contributed by atoms with Crippen LogP contribution in [0.5, 0.6) is 0 Å². The lowest BCUT2D eigenvalue weighted by Crippen LogP contribution is -2.24. The van der Waals surface area contributed by atoms with Crippen LogP contribution in [0.3, 0.4) is 0 Å². The number of H-pyrrole nitrogens is 1. The predicted octanol–water partition coefficient (Wildman–Crippen LogP) is 4.43. The second-order valence-corrected chi connectivity index (χ2v) is 7.32. The summed E-state index contributed by atoms with van der Waals surface area (Å²) < 4.78 is 1.59. The first-order valence-electron chi connectivity index (χ1n) is 9.72. The highest BCUT2D eigenvalue weighted by Crippen LogP contribution is 2.23. The molecule has 152 valence electrons. The molecule has 3 N–H and O–H groups in total. The van der Waals surface area contributed by atoms with Gasteiger partial charge in [0.1, 0.15) is 6.04 Å². The molecule has 7 heteroatoms. The SMILES string of the molecule is Cc1[nH]c2ccc(C(=O)Nc3cccc(NC(=O)C(C)n4cccn4)c3)cc2c1C. The number of aromatic nitrogens is 3. The molecule has 0 bridgehead atoms. The first-order chi connectivity index (χ1) is 14.4. The molecule has 0 spiro atoms. The van der Waals surface area contributed by atoms with Gasteiger partial charge in [0.05, 0.1) is 0 Å². The lowest BCUT2D eigenvalue weighted by atomic mass is 10.1. The Bertz CT molecular complexity index is 1220. The fraction of sp³-hybridized carbons (Fsp3) is 0.174. The summed E-state index contributed by atoms with van der Waals surface area (Å²) in [5.41, 5.74) is 5.02. The Balaban J connectivity index is 1.48. The van der Waals surface area contributed by atoms with Gasteiger partial charge in [-0.3, -0.25) is 14.3 Å². The normalized spacial score (nSPS) is 12.0. The van der Waals surface area contributed by atoms with E-state index in [1.807, 2.05) is 26.0 Å². The Kier molecular flexibility index (Phi) is 5.10. The molecule has 1 unspecified atom stereocenters. The van der Waals surface area contributed by atoms with Gasteiger partial charge in [0.2, 0.25) is 5.91 Å². The lowest BCUT2D eigenvalue weighted by molar-refractivity contribution is -0.119. The van der Waals surface area contributed by atoms with Crippen molar-refractivity contribution < 1.29 is 9.59 Å². The number of nitrogens with one attached hydrogen (secondary N) is 3. The van der Waals surface area contributed by atoms with Crippen molar-refractivity contribution in [2.75, 3.05) is 10.6 Å². The molecule has 1 atom stereocenters. The standard InChI is InChI=1S/C23H23N5O2/c1-14-15(2)25-21-9-8-17(12-20(14)21)23(30)27-19-7-4-6-18(13-19)26-22(29)16(3)28-11-5-10-24-28/h4-13,16,25H,1-3H3,(H,26,29)(H,27,30). The summed E-state index contributed by atoms with van der Waals surface area (Å²) in [4.78, 5) is 28.5. The van der Waals surface area contributed by atoms with Gasteiger partial charge in [-0.15, -0.1) is 0 Å². The van der Waals surface area contributed by atoms with Crippen molar-refractivity contribution in [3.63, 3.8) is 0 Å². The van der Waals surface area contributed by atoms with Crippen LogP contribution in [-0.4, -0.2) is 26.6 Å². The minimum absolute atomic E-state index is 0.189. The van der Waals surface area contributed by atoms with Gasteiger partial charge in [-0.05, 0) is 68.8 Å². The van der Waals surface area contributed by atoms with Gasteiger partial charge < -0.3 is 15.6 Å². The molecule has 0 saturated carbocycles. The second-order valence-electron chi connectivity index (χ2n) is 7.32. The molecule has 2 aromatic carbocycles. The number of aromatic amines is 1. The molecule has 4 aromatic rings. The zero-order valence-corrected chi connectivity index (χ0v) is 17.1. The van der Waals surface area contributed by atoms with E-state index in [1.165, 1.54) is 0 Å². The largest absolute Gasteiger partial charge is 0.358 e. The Hall–Kier alpha value is -3.87. The minimum Gasteiger partial charge on any atom is -0.358 e. The first-order valence-corrected chi connectivity index (χ1v) is 9.72. The number of hydrogen-bond donors (Lipinski definition) is 3. The van der Waals surface area contributed by atoms with E-state index in [9.17, 15) is 9.59 Å². The van der Waals surface area contributed by atoms with Crippen molar-refractivity contribution in [3.05, 3.63) is 77.7 Å². The molecule has 0 aliphatic carbocycles. The Morgan fingerprint density at radius 1 is 1.03 bits per heavy atom. The molecule has 0 aliphatic heterocycles. The number of aryl methyl sites for hydroxylation is 2. The van der Waals surface area contributed by atoms with E-state index in [0.29, 0.717) is 16.9 Å². The third-order valence-electron chi connectivity index (χ3n) is 5.26. The van der Waals surface area contributed by atoms with Crippen molar-refractivity contribution in [1.29, 1.82) is 0 Å². The maximum Gasteiger partial charge on any atom is 0.255 e. The van der Waals surface area contributed by atoms with Crippen LogP contribution >= 0.6 is 0 Å². The number of benzene rings is 2. The smallest absolute Gasteiger partial charge is 0.255 e. The molecule has 0 aliphatic rings. The lowest BCUT2D eigenvalue weighted by Gasteiger charge is -2.13. The van der Waals surface area contributed by atoms with E-state index in [2.05, 4.69) is 20.7 Å². The molecule has 7 nitrogen and oxygen atoms in total. The zero-order valence-electron chi connectivity index (χ0n) is 17.1. The number of carbonyl (C=O) groups is 2. The van der Waals surface area contributed by atoms with Gasteiger partial charge in [0.15, 0.2) is 0 Å². The number of rotatable bonds is 5. The van der Waals surface area contributed by atoms with E-state index in [4.69, 9.17) is 0 Å². The highest BCUT2D eigenvalue weighted by molar-refractivity contribution is 6.07. The second kappa shape index (κ2) is 7.87. The summed E-state index contributed by atoms with van der Waals surface area (Å²) in [5.74, 6) is -0.394. The summed E-state index contributed by atoms with van der Waals surface area (Å²) in [7, 11) is 0. The Labute approximate surface area is 174 Å². The van der Waals surface area contributed by atoms with Crippen molar-refractivity contribution >= 4 is 34.1 Å². The van der Waals surface area contributed by atoms with Crippen molar-refractivity contribution in [3.8, 4) is 0 Å². The third kappa shape index (κ3) is 3.82. The van der Waals surface area contributed by atoms with Gasteiger partial charge in [-0.2, -0.15) is 5.10 Å². The summed E-state index contributed by atoms with van der Waals surface area (Å²) in [5, 5.41) is 10.9. The van der Waals surface area contributed by atoms with E-state index < -0.39 is 6.04 Å². The van der Waals surface area contributed by atoms with Crippen LogP contribution in [0.1, 0.15) is 34.6 Å². The fourth-order valence-electron chi connectivity index (χ4n) is 3.36. The van der Waals surface area contributed by atoms with Crippen LogP contribution in [0.2, 0.25) is 0 Å². The highest BCUT2D eigenvalue weighted by atomic mass is 16.2. The maximum atomic E-state index is 12.8. The van der Waals surface area contributed by atoms with Crippen molar-refractivity contribution in [2.24, 2.45) is 0 Å². The van der Waals surface area contributed by atoms with E-state index in [-0.39, 0.29) is 11.8 Å². The van der Waals surface area contributed by atoms with Gasteiger partial charge >= 0.3 is 0 Å². The Morgan fingerprint density at radius 3 is 2.53 bits per heavy atom. The third-order valence-corrected chi connectivity index (χ3v) is 5.26. The monoisotopic (exact) mass is 401 g/mol. The molecule has 2 aromatic heterocycles. The quantitative estimate of drug-likeness (QED) is 0.462. The topological polar surface area (TPSA) is 91.8 Å². The van der Waals surface area contributed by atoms with Crippen LogP contribution in [0.15, 0.2) is 60.9 Å². The van der Waals surface area contributed by atoms with Gasteiger partial charge in [-0.25, -0.2) is 0 Å². The summed E-state index contributed by atoms with van der Waals surface area (Å²) in [6.45, 7) is 5.82. The van der Waals surface area contributed by atoms with Gasteiger partial charge in [-0.1, -0.05) is 6.07 Å². The number of nitrogens with zero attached hydrogens (tertiary/aromatic N) is 2. The highest BCUT2D eigenvalue weighted by Gasteiger charge is 2.15. The van der Waals surface area contributed by atoms with Crippen LogP contribution < -0.4 is 10.6 Å². The molecule has 0 fully saturated rings.